The van der Waals surface area contributed by atoms with Crippen molar-refractivity contribution in [2.24, 2.45) is 5.92 Å². The SMILES string of the molecule is C/C1=C(\C)CCN(C)C[C@@H](C)COCC1. The molecule has 1 atom stereocenters. The molecule has 15 heavy (non-hydrogen) atoms. The lowest BCUT2D eigenvalue weighted by Gasteiger charge is -2.20. The second-order valence-corrected chi connectivity index (χ2v) is 5.00. The lowest BCUT2D eigenvalue weighted by Crippen LogP contribution is -2.27. The summed E-state index contributed by atoms with van der Waals surface area (Å²) in [5.74, 6) is 0.647. The highest BCUT2D eigenvalue weighted by Crippen LogP contribution is 2.14. The molecule has 0 aromatic heterocycles. The van der Waals surface area contributed by atoms with Crippen LogP contribution in [0.25, 0.3) is 0 Å². The largest absolute Gasteiger partial charge is 0.381 e. The van der Waals surface area contributed by atoms with Crippen molar-refractivity contribution in [3.05, 3.63) is 11.1 Å². The van der Waals surface area contributed by atoms with Gasteiger partial charge in [0.15, 0.2) is 0 Å². The Bertz CT molecular complexity index is 223. The van der Waals surface area contributed by atoms with E-state index in [2.05, 4.69) is 32.7 Å². The minimum absolute atomic E-state index is 0.647. The summed E-state index contributed by atoms with van der Waals surface area (Å²) in [6, 6.07) is 0. The molecule has 1 aliphatic rings. The van der Waals surface area contributed by atoms with Gasteiger partial charge in [-0.2, -0.15) is 0 Å². The molecule has 1 rings (SSSR count). The van der Waals surface area contributed by atoms with Crippen molar-refractivity contribution in [1.29, 1.82) is 0 Å². The summed E-state index contributed by atoms with van der Waals surface area (Å²) in [6.45, 7) is 10.9. The van der Waals surface area contributed by atoms with Crippen molar-refractivity contribution >= 4 is 0 Å². The molecule has 2 heteroatoms. The number of ether oxygens (including phenoxy) is 1. The van der Waals surface area contributed by atoms with E-state index in [1.807, 2.05) is 0 Å². The first-order chi connectivity index (χ1) is 7.09. The van der Waals surface area contributed by atoms with Crippen LogP contribution in [0.4, 0.5) is 0 Å². The first-order valence-electron chi connectivity index (χ1n) is 6.01. The van der Waals surface area contributed by atoms with E-state index in [9.17, 15) is 0 Å². The van der Waals surface area contributed by atoms with E-state index in [1.54, 1.807) is 5.57 Å². The predicted octanol–water partition coefficient (Wildman–Crippen LogP) is 2.70. The van der Waals surface area contributed by atoms with Gasteiger partial charge in [0.25, 0.3) is 0 Å². The van der Waals surface area contributed by atoms with Crippen LogP contribution in [0, 0.1) is 5.92 Å². The molecule has 0 saturated carbocycles. The summed E-state index contributed by atoms with van der Waals surface area (Å²) in [6.07, 6.45) is 2.30. The fraction of sp³-hybridized carbons (Fsp3) is 0.846. The third-order valence-corrected chi connectivity index (χ3v) is 3.24. The fourth-order valence-corrected chi connectivity index (χ4v) is 1.97. The Balaban J connectivity index is 2.55. The Morgan fingerprint density at radius 1 is 1.20 bits per heavy atom. The molecule has 0 amide bonds. The van der Waals surface area contributed by atoms with E-state index in [0.717, 1.165) is 26.2 Å². The van der Waals surface area contributed by atoms with Crippen molar-refractivity contribution in [1.82, 2.24) is 4.90 Å². The van der Waals surface area contributed by atoms with Gasteiger partial charge >= 0.3 is 0 Å². The second kappa shape index (κ2) is 6.29. The number of rotatable bonds is 0. The van der Waals surface area contributed by atoms with Crippen molar-refractivity contribution in [3.8, 4) is 0 Å². The van der Waals surface area contributed by atoms with Gasteiger partial charge in [-0.05, 0) is 39.7 Å². The van der Waals surface area contributed by atoms with Crippen molar-refractivity contribution in [2.45, 2.75) is 33.6 Å². The average Bonchev–Trinajstić information content (AvgIpc) is 2.21. The third-order valence-electron chi connectivity index (χ3n) is 3.24. The van der Waals surface area contributed by atoms with E-state index >= 15 is 0 Å². The zero-order valence-corrected chi connectivity index (χ0v) is 10.7. The molecule has 0 aliphatic carbocycles. The number of hydrogen-bond donors (Lipinski definition) is 0. The zero-order valence-electron chi connectivity index (χ0n) is 10.7. The monoisotopic (exact) mass is 211 g/mol. The van der Waals surface area contributed by atoms with Crippen molar-refractivity contribution in [3.63, 3.8) is 0 Å². The molecule has 0 unspecified atom stereocenters. The quantitative estimate of drug-likeness (QED) is 0.571. The van der Waals surface area contributed by atoms with E-state index < -0.39 is 0 Å². The van der Waals surface area contributed by atoms with E-state index in [1.165, 1.54) is 18.5 Å². The van der Waals surface area contributed by atoms with E-state index in [0.29, 0.717) is 5.92 Å². The molecular formula is C13H25NO. The van der Waals surface area contributed by atoms with Crippen LogP contribution in [0.1, 0.15) is 33.6 Å². The van der Waals surface area contributed by atoms with Gasteiger partial charge in [-0.15, -0.1) is 0 Å². The maximum absolute atomic E-state index is 5.68. The summed E-state index contributed by atoms with van der Waals surface area (Å²) >= 11 is 0. The average molecular weight is 211 g/mol. The number of nitrogens with zero attached hydrogens (tertiary/aromatic N) is 1. The predicted molar refractivity (Wildman–Crippen MR) is 65.1 cm³/mol. The molecule has 2 nitrogen and oxygen atoms in total. The maximum Gasteiger partial charge on any atom is 0.0504 e. The van der Waals surface area contributed by atoms with Gasteiger partial charge in [-0.1, -0.05) is 18.1 Å². The van der Waals surface area contributed by atoms with Crippen LogP contribution >= 0.6 is 0 Å². The third kappa shape index (κ3) is 4.80. The van der Waals surface area contributed by atoms with Gasteiger partial charge in [0.2, 0.25) is 0 Å². The molecule has 0 aromatic carbocycles. The van der Waals surface area contributed by atoms with Gasteiger partial charge < -0.3 is 9.64 Å². The summed E-state index contributed by atoms with van der Waals surface area (Å²) in [7, 11) is 2.21. The van der Waals surface area contributed by atoms with Gasteiger partial charge in [-0.25, -0.2) is 0 Å². The molecule has 0 fully saturated rings. The normalized spacial score (nSPS) is 32.4. The zero-order chi connectivity index (χ0) is 11.3. The van der Waals surface area contributed by atoms with Gasteiger partial charge in [0, 0.05) is 13.1 Å². The standard InChI is InChI=1S/C13H25NO/c1-11-9-14(4)7-5-12(2)13(3)6-8-15-10-11/h11H,5-10H2,1-4H3/b13-12-/t11-/m1/s1. The minimum atomic E-state index is 0.647. The Hall–Kier alpha value is -0.340. The molecule has 0 bridgehead atoms. The molecular weight excluding hydrogens is 186 g/mol. The molecule has 1 aliphatic heterocycles. The highest BCUT2D eigenvalue weighted by Gasteiger charge is 2.09. The topological polar surface area (TPSA) is 12.5 Å². The van der Waals surface area contributed by atoms with Crippen LogP contribution in [0.3, 0.4) is 0 Å². The Morgan fingerprint density at radius 2 is 1.87 bits per heavy atom. The Kier molecular flexibility index (Phi) is 5.34. The molecule has 0 saturated heterocycles. The van der Waals surface area contributed by atoms with E-state index in [-0.39, 0.29) is 0 Å². The fourth-order valence-electron chi connectivity index (χ4n) is 1.97. The van der Waals surface area contributed by atoms with Gasteiger partial charge in [-0.3, -0.25) is 0 Å². The first kappa shape index (κ1) is 12.7. The van der Waals surface area contributed by atoms with Crippen LogP contribution in [-0.2, 0) is 4.74 Å². The smallest absolute Gasteiger partial charge is 0.0504 e. The molecule has 88 valence electrons. The van der Waals surface area contributed by atoms with Crippen molar-refractivity contribution in [2.75, 3.05) is 33.4 Å². The maximum atomic E-state index is 5.68. The van der Waals surface area contributed by atoms with Crippen LogP contribution in [0.5, 0.6) is 0 Å². The van der Waals surface area contributed by atoms with Crippen LogP contribution in [0.15, 0.2) is 11.1 Å². The lowest BCUT2D eigenvalue weighted by molar-refractivity contribution is 0.0952. The molecule has 1 heterocycles. The Labute approximate surface area is 94.3 Å². The highest BCUT2D eigenvalue weighted by molar-refractivity contribution is 5.09. The van der Waals surface area contributed by atoms with Crippen LogP contribution in [-0.4, -0.2) is 38.3 Å². The summed E-state index contributed by atoms with van der Waals surface area (Å²) in [5, 5.41) is 0. The molecule has 0 spiro atoms. The molecule has 0 radical (unpaired) electrons. The van der Waals surface area contributed by atoms with Crippen LogP contribution < -0.4 is 0 Å². The Morgan fingerprint density at radius 3 is 2.60 bits per heavy atom. The highest BCUT2D eigenvalue weighted by atomic mass is 16.5. The number of hydrogen-bond acceptors (Lipinski definition) is 2. The van der Waals surface area contributed by atoms with Gasteiger partial charge in [0.1, 0.15) is 0 Å². The molecule has 0 aromatic rings. The van der Waals surface area contributed by atoms with Crippen LogP contribution in [0.2, 0.25) is 0 Å². The summed E-state index contributed by atoms with van der Waals surface area (Å²) in [4.78, 5) is 2.41. The second-order valence-electron chi connectivity index (χ2n) is 5.00. The van der Waals surface area contributed by atoms with E-state index in [4.69, 9.17) is 4.74 Å². The first-order valence-corrected chi connectivity index (χ1v) is 6.01. The lowest BCUT2D eigenvalue weighted by atomic mass is 10.1. The minimum Gasteiger partial charge on any atom is -0.381 e. The van der Waals surface area contributed by atoms with Gasteiger partial charge in [0.05, 0.1) is 13.2 Å². The van der Waals surface area contributed by atoms with Crippen molar-refractivity contribution < 1.29 is 4.74 Å². The molecule has 0 N–H and O–H groups in total. The summed E-state index contributed by atoms with van der Waals surface area (Å²) < 4.78 is 5.68. The summed E-state index contributed by atoms with van der Waals surface area (Å²) in [5.41, 5.74) is 3.05.